The molecule has 0 unspecified atom stereocenters. The highest BCUT2D eigenvalue weighted by Gasteiger charge is 2.63. The van der Waals surface area contributed by atoms with Crippen LogP contribution in [-0.2, 0) is 0 Å². The van der Waals surface area contributed by atoms with Crippen molar-refractivity contribution in [3.05, 3.63) is 11.4 Å². The Hall–Kier alpha value is -1.57. The fraction of sp³-hybridized carbons (Fsp3) is 0.667. The molecule has 2 rings (SSSR count). The predicted molar refractivity (Wildman–Crippen MR) is 70.3 cm³/mol. The molecule has 8 heteroatoms. The van der Waals surface area contributed by atoms with Crippen molar-refractivity contribution in [2.75, 3.05) is 10.7 Å². The first-order chi connectivity index (χ1) is 9.20. The Morgan fingerprint density at radius 1 is 1.20 bits per heavy atom. The number of alkyl halides is 3. The summed E-state index contributed by atoms with van der Waals surface area (Å²) in [4.78, 5) is 8.40. The summed E-state index contributed by atoms with van der Waals surface area (Å²) in [6.45, 7) is 5.37. The Morgan fingerprint density at radius 2 is 1.75 bits per heavy atom. The fourth-order valence-electron chi connectivity index (χ4n) is 1.89. The first-order valence-electron chi connectivity index (χ1n) is 6.40. The minimum atomic E-state index is -4.29. The lowest BCUT2D eigenvalue weighted by atomic mass is 10.2. The average molecular weight is 289 g/mol. The summed E-state index contributed by atoms with van der Waals surface area (Å²) in [7, 11) is 0. The standard InChI is InChI=1S/C12H18F3N5/c1-6(2)8-17-9(7(3)10(18-8)20-16)19-11(4-5-11)12(13,14)15/h6H,4-5,16H2,1-3H3,(H2,17,18,19,20). The van der Waals surface area contributed by atoms with E-state index in [1.54, 1.807) is 6.92 Å². The lowest BCUT2D eigenvalue weighted by molar-refractivity contribution is -0.151. The number of hydrogen-bond acceptors (Lipinski definition) is 5. The number of nitrogens with zero attached hydrogens (tertiary/aromatic N) is 2. The van der Waals surface area contributed by atoms with Gasteiger partial charge in [0.15, 0.2) is 0 Å². The molecule has 1 saturated carbocycles. The van der Waals surface area contributed by atoms with Gasteiger partial charge in [-0.05, 0) is 19.8 Å². The van der Waals surface area contributed by atoms with Crippen LogP contribution in [0.1, 0.15) is 44.0 Å². The van der Waals surface area contributed by atoms with E-state index < -0.39 is 11.7 Å². The Balaban J connectivity index is 2.39. The van der Waals surface area contributed by atoms with Gasteiger partial charge < -0.3 is 10.7 Å². The summed E-state index contributed by atoms with van der Waals surface area (Å²) in [5.74, 6) is 6.33. The van der Waals surface area contributed by atoms with Crippen LogP contribution in [0.15, 0.2) is 0 Å². The average Bonchev–Trinajstić information content (AvgIpc) is 3.12. The predicted octanol–water partition coefficient (Wildman–Crippen LogP) is 2.70. The van der Waals surface area contributed by atoms with Crippen LogP contribution in [0.4, 0.5) is 24.8 Å². The molecule has 0 atom stereocenters. The Kier molecular flexibility index (Phi) is 3.53. The second-order valence-electron chi connectivity index (χ2n) is 5.41. The van der Waals surface area contributed by atoms with Crippen molar-refractivity contribution in [3.63, 3.8) is 0 Å². The van der Waals surface area contributed by atoms with Gasteiger partial charge in [0.2, 0.25) is 0 Å². The van der Waals surface area contributed by atoms with Crippen LogP contribution < -0.4 is 16.6 Å². The van der Waals surface area contributed by atoms with Gasteiger partial charge in [0, 0.05) is 11.5 Å². The van der Waals surface area contributed by atoms with E-state index in [0.29, 0.717) is 17.2 Å². The highest BCUT2D eigenvalue weighted by atomic mass is 19.4. The van der Waals surface area contributed by atoms with Crippen molar-refractivity contribution in [1.29, 1.82) is 0 Å². The minimum Gasteiger partial charge on any atom is -0.356 e. The van der Waals surface area contributed by atoms with Gasteiger partial charge in [-0.1, -0.05) is 13.8 Å². The number of nitrogen functional groups attached to an aromatic ring is 1. The van der Waals surface area contributed by atoms with Gasteiger partial charge in [-0.2, -0.15) is 13.2 Å². The molecular weight excluding hydrogens is 271 g/mol. The smallest absolute Gasteiger partial charge is 0.356 e. The Labute approximate surface area is 115 Å². The maximum atomic E-state index is 13.0. The molecule has 4 N–H and O–H groups in total. The van der Waals surface area contributed by atoms with Crippen molar-refractivity contribution < 1.29 is 13.2 Å². The van der Waals surface area contributed by atoms with Gasteiger partial charge in [0.25, 0.3) is 0 Å². The maximum absolute atomic E-state index is 13.0. The topological polar surface area (TPSA) is 75.9 Å². The van der Waals surface area contributed by atoms with Gasteiger partial charge in [-0.25, -0.2) is 15.8 Å². The van der Waals surface area contributed by atoms with Crippen molar-refractivity contribution >= 4 is 11.6 Å². The molecule has 1 fully saturated rings. The number of anilines is 2. The van der Waals surface area contributed by atoms with Crippen molar-refractivity contribution in [1.82, 2.24) is 9.97 Å². The molecule has 5 nitrogen and oxygen atoms in total. The number of hydrogen-bond donors (Lipinski definition) is 3. The molecule has 0 saturated heterocycles. The third-order valence-electron chi connectivity index (χ3n) is 3.47. The summed E-state index contributed by atoms with van der Waals surface area (Å²) in [6, 6.07) is 0. The second-order valence-corrected chi connectivity index (χ2v) is 5.41. The van der Waals surface area contributed by atoms with E-state index in [0.717, 1.165) is 0 Å². The molecular formula is C12H18F3N5. The van der Waals surface area contributed by atoms with Crippen LogP contribution in [0.3, 0.4) is 0 Å². The molecule has 0 aromatic carbocycles. The van der Waals surface area contributed by atoms with Crippen molar-refractivity contribution in [3.8, 4) is 0 Å². The van der Waals surface area contributed by atoms with Crippen molar-refractivity contribution in [2.24, 2.45) is 5.84 Å². The molecule has 0 bridgehead atoms. The SMILES string of the molecule is Cc1c(NN)nc(C(C)C)nc1NC1(C(F)(F)F)CC1. The van der Waals surface area contributed by atoms with Crippen LogP contribution in [0.25, 0.3) is 0 Å². The molecule has 1 aromatic heterocycles. The van der Waals surface area contributed by atoms with Gasteiger partial charge in [0.1, 0.15) is 23.0 Å². The Morgan fingerprint density at radius 3 is 2.15 bits per heavy atom. The van der Waals surface area contributed by atoms with Crippen LogP contribution in [0.2, 0.25) is 0 Å². The lowest BCUT2D eigenvalue weighted by Gasteiger charge is -2.23. The number of nitrogens with one attached hydrogen (secondary N) is 2. The molecule has 0 radical (unpaired) electrons. The minimum absolute atomic E-state index is 0.00992. The van der Waals surface area contributed by atoms with Crippen LogP contribution >= 0.6 is 0 Å². The molecule has 0 aliphatic heterocycles. The highest BCUT2D eigenvalue weighted by molar-refractivity contribution is 5.59. The monoisotopic (exact) mass is 289 g/mol. The van der Waals surface area contributed by atoms with E-state index in [1.807, 2.05) is 13.8 Å². The molecule has 1 aromatic rings. The van der Waals surface area contributed by atoms with Crippen LogP contribution in [0, 0.1) is 6.92 Å². The molecule has 1 aliphatic carbocycles. The van der Waals surface area contributed by atoms with Crippen molar-refractivity contribution in [2.45, 2.75) is 51.2 Å². The number of aromatic nitrogens is 2. The van der Waals surface area contributed by atoms with Gasteiger partial charge in [-0.15, -0.1) is 0 Å². The zero-order valence-electron chi connectivity index (χ0n) is 11.6. The highest BCUT2D eigenvalue weighted by Crippen LogP contribution is 2.51. The van der Waals surface area contributed by atoms with E-state index in [-0.39, 0.29) is 24.6 Å². The van der Waals surface area contributed by atoms with Gasteiger partial charge in [-0.3, -0.25) is 0 Å². The molecule has 112 valence electrons. The molecule has 20 heavy (non-hydrogen) atoms. The largest absolute Gasteiger partial charge is 0.411 e. The van der Waals surface area contributed by atoms with Gasteiger partial charge >= 0.3 is 6.18 Å². The first kappa shape index (κ1) is 14.8. The maximum Gasteiger partial charge on any atom is 0.411 e. The number of rotatable bonds is 4. The third kappa shape index (κ3) is 2.52. The zero-order valence-corrected chi connectivity index (χ0v) is 11.6. The lowest BCUT2D eigenvalue weighted by Crippen LogP contribution is -2.39. The first-order valence-corrected chi connectivity index (χ1v) is 6.40. The van der Waals surface area contributed by atoms with E-state index in [1.165, 1.54) is 0 Å². The second kappa shape index (κ2) is 4.76. The third-order valence-corrected chi connectivity index (χ3v) is 3.47. The quantitative estimate of drug-likeness (QED) is 0.587. The zero-order chi connectivity index (χ0) is 15.1. The normalized spacial score (nSPS) is 17.2. The molecule has 1 aliphatic rings. The number of hydrazine groups is 1. The van der Waals surface area contributed by atoms with Crippen LogP contribution in [0.5, 0.6) is 0 Å². The number of halogens is 3. The van der Waals surface area contributed by atoms with E-state index in [2.05, 4.69) is 20.7 Å². The fourth-order valence-corrected chi connectivity index (χ4v) is 1.89. The Bertz CT molecular complexity index is 509. The summed E-state index contributed by atoms with van der Waals surface area (Å²) in [5, 5.41) is 2.54. The molecule has 0 amide bonds. The molecule has 0 spiro atoms. The summed E-state index contributed by atoms with van der Waals surface area (Å²) in [6.07, 6.45) is -4.18. The van der Waals surface area contributed by atoms with E-state index in [4.69, 9.17) is 5.84 Å². The van der Waals surface area contributed by atoms with Crippen LogP contribution in [-0.4, -0.2) is 21.7 Å². The summed E-state index contributed by atoms with van der Waals surface area (Å²) in [5.41, 5.74) is 1.03. The summed E-state index contributed by atoms with van der Waals surface area (Å²) >= 11 is 0. The molecule has 1 heterocycles. The summed E-state index contributed by atoms with van der Waals surface area (Å²) < 4.78 is 39.0. The van der Waals surface area contributed by atoms with E-state index in [9.17, 15) is 13.2 Å². The van der Waals surface area contributed by atoms with E-state index >= 15 is 0 Å². The number of nitrogens with two attached hydrogens (primary N) is 1. The van der Waals surface area contributed by atoms with Gasteiger partial charge in [0.05, 0.1) is 0 Å².